The van der Waals surface area contributed by atoms with E-state index in [2.05, 4.69) is 0 Å². The van der Waals surface area contributed by atoms with E-state index >= 15 is 0 Å². The summed E-state index contributed by atoms with van der Waals surface area (Å²) in [6.07, 6.45) is -4.48. The lowest BCUT2D eigenvalue weighted by Crippen LogP contribution is -2.66. The largest absolute Gasteiger partial charge is 0.462 e. The zero-order valence-electron chi connectivity index (χ0n) is 38.9. The van der Waals surface area contributed by atoms with Crippen LogP contribution < -0.4 is 0 Å². The number of rotatable bonds is 14. The van der Waals surface area contributed by atoms with E-state index in [0.29, 0.717) is 12.7 Å². The maximum atomic E-state index is 13.4. The lowest BCUT2D eigenvalue weighted by molar-refractivity contribution is -0.344. The Labute approximate surface area is 371 Å². The molecule has 3 aliphatic heterocycles. The van der Waals surface area contributed by atoms with Gasteiger partial charge in [-0.15, -0.1) is 0 Å². The van der Waals surface area contributed by atoms with E-state index in [0.717, 1.165) is 0 Å². The van der Waals surface area contributed by atoms with E-state index in [9.17, 15) is 33.9 Å². The first-order chi connectivity index (χ1) is 29.7. The molecule has 358 valence electrons. The molecule has 18 nitrogen and oxygen atoms in total. The average molecular weight is 898 g/mol. The summed E-state index contributed by atoms with van der Waals surface area (Å²) in [7, 11) is 4.82. The SMILES string of the molecule is CCC(=O)O[C@@H]1[C@@H](C)O[C@@H](O[C@H]2[C@H](N(C)C)[C@@H](O)[C@H](O[C@H]3[C@@H](CC=O)C[C@@H](C)[C@@H](OC(C)=O)/C=C/C=C/C[C@@H](C)OC(=O)C[C@@H](OC(=O)CC)[C@@H]3OC)O[C@@H]2C)C[C@]1(C)OC(C)=O. The predicted molar refractivity (Wildman–Crippen MR) is 224 cm³/mol. The number of methoxy groups -OCH3 is 1. The maximum Gasteiger partial charge on any atom is 0.309 e. The van der Waals surface area contributed by atoms with Crippen molar-refractivity contribution >= 4 is 36.1 Å². The molecule has 0 unspecified atom stereocenters. The van der Waals surface area contributed by atoms with Crippen LogP contribution in [0.3, 0.4) is 0 Å². The molecule has 3 rings (SSSR count). The third kappa shape index (κ3) is 15.4. The first-order valence-corrected chi connectivity index (χ1v) is 21.9. The molecular formula is C45H71NO17. The minimum absolute atomic E-state index is 0.0260. The highest BCUT2D eigenvalue weighted by Crippen LogP contribution is 2.39. The molecular weight excluding hydrogens is 826 g/mol. The third-order valence-corrected chi connectivity index (χ3v) is 11.5. The number of aliphatic hydroxyl groups excluding tert-OH is 1. The van der Waals surface area contributed by atoms with E-state index in [1.54, 1.807) is 84.8 Å². The van der Waals surface area contributed by atoms with Crippen LogP contribution in [0.1, 0.15) is 107 Å². The second-order valence-electron chi connectivity index (χ2n) is 17.1. The Kier molecular flexibility index (Phi) is 21.3. The van der Waals surface area contributed by atoms with Gasteiger partial charge in [0.2, 0.25) is 0 Å². The van der Waals surface area contributed by atoms with Gasteiger partial charge in [-0.1, -0.05) is 39.0 Å². The Hall–Kier alpha value is -3.78. The molecule has 1 N–H and O–H groups in total. The number of carbonyl (C=O) groups excluding carboxylic acids is 6. The molecule has 0 spiro atoms. The minimum atomic E-state index is -1.45. The van der Waals surface area contributed by atoms with Gasteiger partial charge in [0.05, 0.1) is 30.8 Å². The molecule has 0 bridgehead atoms. The van der Waals surface area contributed by atoms with Crippen molar-refractivity contribution in [2.24, 2.45) is 11.8 Å². The third-order valence-electron chi connectivity index (χ3n) is 11.5. The number of ether oxygens (including phenoxy) is 10. The molecule has 63 heavy (non-hydrogen) atoms. The number of cyclic esters (lactones) is 1. The Bertz CT molecular complexity index is 1590. The number of aliphatic hydroxyl groups is 1. The molecule has 0 aromatic carbocycles. The zero-order chi connectivity index (χ0) is 47.2. The van der Waals surface area contributed by atoms with E-state index in [-0.39, 0.29) is 32.1 Å². The summed E-state index contributed by atoms with van der Waals surface area (Å²) in [5.74, 6) is -4.06. The molecule has 3 aliphatic rings. The molecule has 0 aromatic heterocycles. The van der Waals surface area contributed by atoms with Gasteiger partial charge in [0.15, 0.2) is 24.3 Å². The van der Waals surface area contributed by atoms with Crippen LogP contribution in [-0.2, 0) is 76.1 Å². The molecule has 18 heteroatoms. The second kappa shape index (κ2) is 25.1. The summed E-state index contributed by atoms with van der Waals surface area (Å²) in [6, 6.07) is -0.833. The van der Waals surface area contributed by atoms with Crippen LogP contribution in [-0.4, -0.2) is 153 Å². The van der Waals surface area contributed by atoms with E-state index in [1.807, 2.05) is 6.92 Å². The first kappa shape index (κ1) is 53.6. The summed E-state index contributed by atoms with van der Waals surface area (Å²) >= 11 is 0. The topological polar surface area (TPSA) is 218 Å². The lowest BCUT2D eigenvalue weighted by Gasteiger charge is -2.50. The van der Waals surface area contributed by atoms with Gasteiger partial charge in [0.1, 0.15) is 42.9 Å². The molecule has 0 saturated carbocycles. The summed E-state index contributed by atoms with van der Waals surface area (Å²) in [5, 5.41) is 12.2. The molecule has 3 heterocycles. The summed E-state index contributed by atoms with van der Waals surface area (Å²) < 4.78 is 60.7. The Morgan fingerprint density at radius 1 is 0.905 bits per heavy atom. The van der Waals surface area contributed by atoms with Gasteiger partial charge in [-0.25, -0.2) is 0 Å². The highest BCUT2D eigenvalue weighted by atomic mass is 16.7. The van der Waals surface area contributed by atoms with Crippen LogP contribution in [0, 0.1) is 11.8 Å². The van der Waals surface area contributed by atoms with Crippen molar-refractivity contribution in [2.75, 3.05) is 21.2 Å². The fraction of sp³-hybridized carbons (Fsp3) is 0.778. The van der Waals surface area contributed by atoms with Crippen molar-refractivity contribution < 1.29 is 81.2 Å². The normalized spacial score (nSPS) is 38.1. The van der Waals surface area contributed by atoms with Gasteiger partial charge < -0.3 is 62.2 Å². The summed E-state index contributed by atoms with van der Waals surface area (Å²) in [6.45, 7) is 14.4. The van der Waals surface area contributed by atoms with E-state index in [4.69, 9.17) is 47.4 Å². The van der Waals surface area contributed by atoms with Gasteiger partial charge >= 0.3 is 29.8 Å². The molecule has 0 aromatic rings. The van der Waals surface area contributed by atoms with E-state index in [1.165, 1.54) is 21.0 Å². The van der Waals surface area contributed by atoms with Gasteiger partial charge in [-0.2, -0.15) is 0 Å². The number of allylic oxidation sites excluding steroid dienone is 2. The Morgan fingerprint density at radius 2 is 1.57 bits per heavy atom. The summed E-state index contributed by atoms with van der Waals surface area (Å²) in [4.78, 5) is 77.6. The maximum absolute atomic E-state index is 13.4. The standard InChI is InChI=1S/C45H71NO17/c1-13-34(50)59-33-23-36(52)55-26(4)18-16-15-17-19-32(58-29(7)48)25(3)22-31(20-21-47)41(42(33)54-12)62-44-39(53)38(46(10)11)40(27(5)57-44)61-37-24-45(9,63-30(8)49)43(28(6)56-37)60-35(51)14-2/h15-17,19,21,25-28,31-33,37-44,53H,13-14,18,20,22-24H2,1-12H3/b16-15+,19-17+/t25-,26-,27-,28-,31+,32+,33-,37+,38-,39-,40-,41+,42+,43-,44+,45+/m1/s1. The first-order valence-electron chi connectivity index (χ1n) is 21.9. The lowest BCUT2D eigenvalue weighted by atomic mass is 9.82. The zero-order valence-corrected chi connectivity index (χ0v) is 38.9. The molecule has 0 aliphatic carbocycles. The van der Waals surface area contributed by atoms with Crippen LogP contribution >= 0.6 is 0 Å². The number of hydrogen-bond donors (Lipinski definition) is 1. The predicted octanol–water partition coefficient (Wildman–Crippen LogP) is 3.91. The van der Waals surface area contributed by atoms with Crippen molar-refractivity contribution in [1.29, 1.82) is 0 Å². The van der Waals surface area contributed by atoms with Crippen LogP contribution in [0.25, 0.3) is 0 Å². The van der Waals surface area contributed by atoms with Crippen molar-refractivity contribution in [2.45, 2.75) is 193 Å². The van der Waals surface area contributed by atoms with Gasteiger partial charge in [0.25, 0.3) is 0 Å². The van der Waals surface area contributed by atoms with Crippen LogP contribution in [0.4, 0.5) is 0 Å². The van der Waals surface area contributed by atoms with Crippen LogP contribution in [0.5, 0.6) is 0 Å². The Morgan fingerprint density at radius 3 is 2.16 bits per heavy atom. The van der Waals surface area contributed by atoms with Gasteiger partial charge in [0, 0.05) is 53.1 Å². The number of likely N-dealkylation sites (N-methyl/N-ethyl adjacent to an activating group) is 1. The van der Waals surface area contributed by atoms with Crippen LogP contribution in [0.2, 0.25) is 0 Å². The minimum Gasteiger partial charge on any atom is -0.462 e. The van der Waals surface area contributed by atoms with Crippen molar-refractivity contribution in [3.05, 3.63) is 24.3 Å². The average Bonchev–Trinajstić information content (AvgIpc) is 3.18. The van der Waals surface area contributed by atoms with E-state index < -0.39 is 133 Å². The molecule has 0 amide bonds. The molecule has 0 radical (unpaired) electrons. The number of hydrogen-bond acceptors (Lipinski definition) is 18. The van der Waals surface area contributed by atoms with Crippen molar-refractivity contribution in [3.8, 4) is 0 Å². The highest BCUT2D eigenvalue weighted by Gasteiger charge is 2.54. The fourth-order valence-corrected chi connectivity index (χ4v) is 8.57. The molecule has 16 atom stereocenters. The molecule has 2 fully saturated rings. The quantitative estimate of drug-likeness (QED) is 0.148. The number of nitrogens with zero attached hydrogens (tertiary/aromatic N) is 1. The smallest absolute Gasteiger partial charge is 0.309 e. The molecule has 2 saturated heterocycles. The van der Waals surface area contributed by atoms with Crippen LogP contribution in [0.15, 0.2) is 24.3 Å². The number of esters is 5. The Balaban J connectivity index is 2.09. The second-order valence-corrected chi connectivity index (χ2v) is 17.1. The fourth-order valence-electron chi connectivity index (χ4n) is 8.57. The highest BCUT2D eigenvalue weighted by molar-refractivity contribution is 5.73. The van der Waals surface area contributed by atoms with Gasteiger partial charge in [-0.3, -0.25) is 24.0 Å². The van der Waals surface area contributed by atoms with Crippen molar-refractivity contribution in [3.63, 3.8) is 0 Å². The summed E-state index contributed by atoms with van der Waals surface area (Å²) in [5.41, 5.74) is -1.33. The number of aldehydes is 1. The monoisotopic (exact) mass is 897 g/mol. The van der Waals surface area contributed by atoms with Crippen molar-refractivity contribution in [1.82, 2.24) is 4.90 Å². The van der Waals surface area contributed by atoms with Gasteiger partial charge in [-0.05, 0) is 66.1 Å². The number of carbonyl (C=O) groups is 6.